The van der Waals surface area contributed by atoms with Crippen molar-refractivity contribution >= 4 is 5.91 Å². The van der Waals surface area contributed by atoms with Gasteiger partial charge in [-0.3, -0.25) is 4.79 Å². The zero-order chi connectivity index (χ0) is 11.1. The zero-order valence-corrected chi connectivity index (χ0v) is 10.3. The van der Waals surface area contributed by atoms with Crippen molar-refractivity contribution in [2.75, 3.05) is 13.1 Å². The number of carbonyl (C=O) groups is 1. The normalized spacial score (nSPS) is 21.7. The molecule has 0 aromatic carbocycles. The number of unbranched alkanes of at least 4 members (excludes halogenated alkanes) is 3. The fraction of sp³-hybridized carbons (Fsp3) is 0.923. The van der Waals surface area contributed by atoms with Crippen LogP contribution in [0.1, 0.15) is 58.8 Å². The molecule has 88 valence electrons. The van der Waals surface area contributed by atoms with Crippen LogP contribution in [0.3, 0.4) is 0 Å². The molecule has 2 nitrogen and oxygen atoms in total. The van der Waals surface area contributed by atoms with E-state index in [1.54, 1.807) is 0 Å². The first-order valence-electron chi connectivity index (χ1n) is 6.51. The molecule has 0 aromatic heterocycles. The van der Waals surface area contributed by atoms with E-state index in [-0.39, 0.29) is 0 Å². The zero-order valence-electron chi connectivity index (χ0n) is 10.3. The van der Waals surface area contributed by atoms with Crippen molar-refractivity contribution in [1.29, 1.82) is 0 Å². The molecule has 1 aliphatic rings. The third-order valence-corrected chi connectivity index (χ3v) is 3.25. The quantitative estimate of drug-likeness (QED) is 0.639. The summed E-state index contributed by atoms with van der Waals surface area (Å²) in [4.78, 5) is 13.9. The van der Waals surface area contributed by atoms with Gasteiger partial charge < -0.3 is 4.90 Å². The highest BCUT2D eigenvalue weighted by molar-refractivity contribution is 5.76. The Morgan fingerprint density at radius 1 is 1.33 bits per heavy atom. The number of rotatable bonds is 5. The highest BCUT2D eigenvalue weighted by Crippen LogP contribution is 2.17. The highest BCUT2D eigenvalue weighted by atomic mass is 16.2. The van der Waals surface area contributed by atoms with E-state index in [4.69, 9.17) is 0 Å². The first-order chi connectivity index (χ1) is 7.24. The van der Waals surface area contributed by atoms with Gasteiger partial charge in [-0.1, -0.05) is 33.1 Å². The molecule has 0 N–H and O–H groups in total. The summed E-state index contributed by atoms with van der Waals surface area (Å²) in [5.74, 6) is 1.09. The van der Waals surface area contributed by atoms with Crippen molar-refractivity contribution in [1.82, 2.24) is 4.90 Å². The molecule has 1 amide bonds. The number of likely N-dealkylation sites (tertiary alicyclic amines) is 1. The highest BCUT2D eigenvalue weighted by Gasteiger charge is 2.19. The SMILES string of the molecule is CCCCCCC(=O)N1CCCC(C)C1. The molecular formula is C13H25NO. The topological polar surface area (TPSA) is 20.3 Å². The largest absolute Gasteiger partial charge is 0.342 e. The molecule has 0 bridgehead atoms. The average molecular weight is 211 g/mol. The van der Waals surface area contributed by atoms with Crippen LogP contribution >= 0.6 is 0 Å². The monoisotopic (exact) mass is 211 g/mol. The molecule has 1 unspecified atom stereocenters. The van der Waals surface area contributed by atoms with Crippen molar-refractivity contribution in [3.8, 4) is 0 Å². The van der Waals surface area contributed by atoms with Gasteiger partial charge in [0.1, 0.15) is 0 Å². The van der Waals surface area contributed by atoms with Gasteiger partial charge in [0.15, 0.2) is 0 Å². The minimum Gasteiger partial charge on any atom is -0.342 e. The van der Waals surface area contributed by atoms with Gasteiger partial charge >= 0.3 is 0 Å². The minimum atomic E-state index is 0.387. The number of carbonyl (C=O) groups excluding carboxylic acids is 1. The molecule has 15 heavy (non-hydrogen) atoms. The molecule has 0 radical (unpaired) electrons. The molecule has 1 fully saturated rings. The summed E-state index contributed by atoms with van der Waals surface area (Å²) in [6, 6.07) is 0. The molecule has 0 aromatic rings. The molecule has 1 atom stereocenters. The average Bonchev–Trinajstić information content (AvgIpc) is 2.24. The molecule has 0 saturated carbocycles. The third kappa shape index (κ3) is 4.67. The molecule has 1 heterocycles. The Kier molecular flexibility index (Phi) is 5.74. The first-order valence-corrected chi connectivity index (χ1v) is 6.51. The minimum absolute atomic E-state index is 0.387. The first kappa shape index (κ1) is 12.5. The summed E-state index contributed by atoms with van der Waals surface area (Å²) >= 11 is 0. The van der Waals surface area contributed by atoms with Gasteiger partial charge in [0, 0.05) is 19.5 Å². The molecule has 1 rings (SSSR count). The lowest BCUT2D eigenvalue weighted by Gasteiger charge is -2.31. The summed E-state index contributed by atoms with van der Waals surface area (Å²) < 4.78 is 0. The Morgan fingerprint density at radius 3 is 2.80 bits per heavy atom. The molecule has 1 saturated heterocycles. The van der Waals surface area contributed by atoms with Crippen LogP contribution in [0.15, 0.2) is 0 Å². The fourth-order valence-corrected chi connectivity index (χ4v) is 2.28. The molecule has 1 aliphatic heterocycles. The molecule has 0 aliphatic carbocycles. The van der Waals surface area contributed by atoms with Crippen LogP contribution in [0.25, 0.3) is 0 Å². The van der Waals surface area contributed by atoms with Gasteiger partial charge in [0.25, 0.3) is 0 Å². The van der Waals surface area contributed by atoms with E-state index in [0.29, 0.717) is 11.8 Å². The van der Waals surface area contributed by atoms with Gasteiger partial charge in [-0.15, -0.1) is 0 Å². The summed E-state index contributed by atoms with van der Waals surface area (Å²) in [6.07, 6.45) is 8.07. The maximum absolute atomic E-state index is 11.8. The third-order valence-electron chi connectivity index (χ3n) is 3.25. The Bertz CT molecular complexity index is 191. The number of piperidine rings is 1. The van der Waals surface area contributed by atoms with Crippen LogP contribution in [0.4, 0.5) is 0 Å². The second-order valence-corrected chi connectivity index (χ2v) is 4.90. The van der Waals surface area contributed by atoms with Crippen molar-refractivity contribution in [3.63, 3.8) is 0 Å². The van der Waals surface area contributed by atoms with Crippen LogP contribution in [0, 0.1) is 5.92 Å². The van der Waals surface area contributed by atoms with Crippen LogP contribution < -0.4 is 0 Å². The Hall–Kier alpha value is -0.530. The van der Waals surface area contributed by atoms with E-state index in [0.717, 1.165) is 25.9 Å². The lowest BCUT2D eigenvalue weighted by molar-refractivity contribution is -0.133. The van der Waals surface area contributed by atoms with E-state index < -0.39 is 0 Å². The maximum Gasteiger partial charge on any atom is 0.222 e. The van der Waals surface area contributed by atoms with Crippen molar-refractivity contribution in [2.45, 2.75) is 58.8 Å². The van der Waals surface area contributed by atoms with E-state index in [9.17, 15) is 4.79 Å². The smallest absolute Gasteiger partial charge is 0.222 e. The predicted molar refractivity (Wildman–Crippen MR) is 63.7 cm³/mol. The Balaban J connectivity index is 2.15. The number of hydrogen-bond acceptors (Lipinski definition) is 1. The van der Waals surface area contributed by atoms with Crippen molar-refractivity contribution < 1.29 is 4.79 Å². The molecule has 0 spiro atoms. The van der Waals surface area contributed by atoms with Gasteiger partial charge in [0.2, 0.25) is 5.91 Å². The van der Waals surface area contributed by atoms with Gasteiger partial charge in [-0.2, -0.15) is 0 Å². The second kappa shape index (κ2) is 6.86. The number of hydrogen-bond donors (Lipinski definition) is 0. The summed E-state index contributed by atoms with van der Waals surface area (Å²) in [7, 11) is 0. The second-order valence-electron chi connectivity index (χ2n) is 4.90. The summed E-state index contributed by atoms with van der Waals surface area (Å²) in [5, 5.41) is 0. The Morgan fingerprint density at radius 2 is 2.13 bits per heavy atom. The summed E-state index contributed by atoms with van der Waals surface area (Å²) in [5.41, 5.74) is 0. The van der Waals surface area contributed by atoms with E-state index >= 15 is 0 Å². The van der Waals surface area contributed by atoms with Crippen LogP contribution in [-0.4, -0.2) is 23.9 Å². The van der Waals surface area contributed by atoms with E-state index in [1.807, 2.05) is 0 Å². The maximum atomic E-state index is 11.8. The lowest BCUT2D eigenvalue weighted by Crippen LogP contribution is -2.38. The van der Waals surface area contributed by atoms with E-state index in [2.05, 4.69) is 18.7 Å². The molecule has 2 heteroatoms. The number of amides is 1. The molecular weight excluding hydrogens is 186 g/mol. The van der Waals surface area contributed by atoms with Crippen molar-refractivity contribution in [2.24, 2.45) is 5.92 Å². The van der Waals surface area contributed by atoms with Gasteiger partial charge in [0.05, 0.1) is 0 Å². The summed E-state index contributed by atoms with van der Waals surface area (Å²) in [6.45, 7) is 6.44. The van der Waals surface area contributed by atoms with Crippen molar-refractivity contribution in [3.05, 3.63) is 0 Å². The van der Waals surface area contributed by atoms with Gasteiger partial charge in [-0.05, 0) is 25.2 Å². The number of nitrogens with zero attached hydrogens (tertiary/aromatic N) is 1. The Labute approximate surface area is 94.0 Å². The van der Waals surface area contributed by atoms with Crippen LogP contribution in [0.5, 0.6) is 0 Å². The predicted octanol–water partition coefficient (Wildman–Crippen LogP) is 3.22. The van der Waals surface area contributed by atoms with Crippen LogP contribution in [-0.2, 0) is 4.79 Å². The lowest BCUT2D eigenvalue weighted by atomic mass is 10.00. The standard InChI is InChI=1S/C13H25NO/c1-3-4-5-6-9-13(15)14-10-7-8-12(2)11-14/h12H,3-11H2,1-2H3. The fourth-order valence-electron chi connectivity index (χ4n) is 2.28. The van der Waals surface area contributed by atoms with E-state index in [1.165, 1.54) is 32.1 Å². The van der Waals surface area contributed by atoms with Crippen LogP contribution in [0.2, 0.25) is 0 Å². The van der Waals surface area contributed by atoms with Gasteiger partial charge in [-0.25, -0.2) is 0 Å².